The summed E-state index contributed by atoms with van der Waals surface area (Å²) in [6.45, 7) is 0.618. The van der Waals surface area contributed by atoms with Crippen LogP contribution < -0.4 is 4.90 Å². The zero-order valence-corrected chi connectivity index (χ0v) is 13.3. The lowest BCUT2D eigenvalue weighted by Gasteiger charge is -2.22. The van der Waals surface area contributed by atoms with Crippen molar-refractivity contribution in [2.45, 2.75) is 18.9 Å². The van der Waals surface area contributed by atoms with Crippen molar-refractivity contribution >= 4 is 23.4 Å². The summed E-state index contributed by atoms with van der Waals surface area (Å²) in [5.41, 5.74) is 1.48. The molecule has 0 radical (unpaired) electrons. The van der Waals surface area contributed by atoms with E-state index in [9.17, 15) is 4.79 Å². The van der Waals surface area contributed by atoms with Gasteiger partial charge in [0, 0.05) is 30.2 Å². The monoisotopic (exact) mass is 330 g/mol. The number of likely N-dealkylation sites (tertiary alicyclic amines) is 1. The van der Waals surface area contributed by atoms with Gasteiger partial charge in [0.25, 0.3) is 5.91 Å². The number of likely N-dealkylation sites (N-methyl/N-ethyl adjacent to an activating group) is 1. The van der Waals surface area contributed by atoms with Crippen LogP contribution in [0, 0.1) is 11.5 Å². The van der Waals surface area contributed by atoms with Gasteiger partial charge in [0.15, 0.2) is 6.19 Å². The molecule has 1 aliphatic rings. The molecule has 3 rings (SSSR count). The molecule has 1 fully saturated rings. The lowest BCUT2D eigenvalue weighted by molar-refractivity contribution is -0.121. The number of aromatic nitrogens is 1. The number of hydrogen-bond acceptors (Lipinski definition) is 5. The van der Waals surface area contributed by atoms with Crippen LogP contribution >= 0.6 is 11.6 Å². The number of benzene rings is 1. The second-order valence-corrected chi connectivity index (χ2v) is 5.84. The first-order chi connectivity index (χ1) is 11.1. The van der Waals surface area contributed by atoms with E-state index in [0.717, 1.165) is 12.0 Å². The van der Waals surface area contributed by atoms with Crippen molar-refractivity contribution in [2.24, 2.45) is 0 Å². The van der Waals surface area contributed by atoms with Crippen molar-refractivity contribution in [3.63, 3.8) is 0 Å². The van der Waals surface area contributed by atoms with E-state index in [1.54, 1.807) is 25.2 Å². The van der Waals surface area contributed by atoms with Gasteiger partial charge >= 0.3 is 0 Å². The van der Waals surface area contributed by atoms with Crippen molar-refractivity contribution in [1.29, 1.82) is 5.26 Å². The Kier molecular flexibility index (Phi) is 4.22. The molecule has 1 amide bonds. The van der Waals surface area contributed by atoms with Crippen LogP contribution in [-0.2, 0) is 4.79 Å². The van der Waals surface area contributed by atoms with E-state index in [1.807, 2.05) is 12.1 Å². The molecule has 6 nitrogen and oxygen atoms in total. The summed E-state index contributed by atoms with van der Waals surface area (Å²) in [7, 11) is 1.63. The van der Waals surface area contributed by atoms with Crippen LogP contribution in [0.2, 0.25) is 5.02 Å². The smallest absolute Gasteiger partial charge is 0.252 e. The SMILES string of the molecule is CN(C(=O)C1CCCN1C#N)c1cc(-c2ccc(Cl)cc2)no1. The summed E-state index contributed by atoms with van der Waals surface area (Å²) in [6, 6.07) is 8.48. The number of nitrogens with zero attached hydrogens (tertiary/aromatic N) is 4. The van der Waals surface area contributed by atoms with E-state index >= 15 is 0 Å². The van der Waals surface area contributed by atoms with Gasteiger partial charge in [0.2, 0.25) is 5.88 Å². The molecule has 1 aromatic carbocycles. The van der Waals surface area contributed by atoms with Crippen LogP contribution in [0.3, 0.4) is 0 Å². The first-order valence-corrected chi connectivity index (χ1v) is 7.64. The van der Waals surface area contributed by atoms with Crippen LogP contribution in [0.4, 0.5) is 5.88 Å². The molecule has 0 spiro atoms. The van der Waals surface area contributed by atoms with Crippen LogP contribution in [0.1, 0.15) is 12.8 Å². The third kappa shape index (κ3) is 3.01. The lowest BCUT2D eigenvalue weighted by Crippen LogP contribution is -2.42. The minimum atomic E-state index is -0.422. The van der Waals surface area contributed by atoms with Gasteiger partial charge in [-0.1, -0.05) is 28.9 Å². The molecular formula is C16H15ClN4O2. The van der Waals surface area contributed by atoms with Gasteiger partial charge < -0.3 is 4.52 Å². The molecule has 2 aromatic rings. The van der Waals surface area contributed by atoms with Gasteiger partial charge in [0.05, 0.1) is 0 Å². The fourth-order valence-electron chi connectivity index (χ4n) is 2.66. The van der Waals surface area contributed by atoms with Crippen LogP contribution in [-0.4, -0.2) is 35.6 Å². The van der Waals surface area contributed by atoms with Crippen molar-refractivity contribution in [2.75, 3.05) is 18.5 Å². The first-order valence-electron chi connectivity index (χ1n) is 7.27. The third-order valence-electron chi connectivity index (χ3n) is 3.97. The van der Waals surface area contributed by atoms with Crippen molar-refractivity contribution in [1.82, 2.24) is 10.1 Å². The highest BCUT2D eigenvalue weighted by molar-refractivity contribution is 6.30. The van der Waals surface area contributed by atoms with Gasteiger partial charge in [-0.15, -0.1) is 0 Å². The molecule has 0 aliphatic carbocycles. The molecule has 2 heterocycles. The van der Waals surface area contributed by atoms with E-state index in [-0.39, 0.29) is 5.91 Å². The Morgan fingerprint density at radius 2 is 2.22 bits per heavy atom. The molecule has 23 heavy (non-hydrogen) atoms. The summed E-state index contributed by atoms with van der Waals surface area (Å²) in [4.78, 5) is 15.5. The summed E-state index contributed by atoms with van der Waals surface area (Å²) in [5.74, 6) is 0.188. The maximum atomic E-state index is 12.5. The van der Waals surface area contributed by atoms with Crippen LogP contribution in [0.5, 0.6) is 0 Å². The fourth-order valence-corrected chi connectivity index (χ4v) is 2.78. The maximum Gasteiger partial charge on any atom is 0.252 e. The zero-order chi connectivity index (χ0) is 16.4. The highest BCUT2D eigenvalue weighted by Crippen LogP contribution is 2.26. The molecule has 1 saturated heterocycles. The molecule has 1 aliphatic heterocycles. The maximum absolute atomic E-state index is 12.5. The number of rotatable bonds is 3. The second kappa shape index (κ2) is 6.31. The zero-order valence-electron chi connectivity index (χ0n) is 12.6. The van der Waals surface area contributed by atoms with E-state index in [0.29, 0.717) is 29.6 Å². The summed E-state index contributed by atoms with van der Waals surface area (Å²) >= 11 is 5.87. The highest BCUT2D eigenvalue weighted by Gasteiger charge is 2.33. The predicted molar refractivity (Wildman–Crippen MR) is 85.7 cm³/mol. The number of hydrogen-bond donors (Lipinski definition) is 0. The Bertz CT molecular complexity index is 750. The molecule has 7 heteroatoms. The molecule has 0 saturated carbocycles. The van der Waals surface area contributed by atoms with E-state index in [1.165, 1.54) is 9.80 Å². The molecule has 0 N–H and O–H groups in total. The molecule has 118 valence electrons. The van der Waals surface area contributed by atoms with Crippen molar-refractivity contribution in [3.8, 4) is 17.5 Å². The van der Waals surface area contributed by atoms with Crippen LogP contribution in [0.15, 0.2) is 34.9 Å². The van der Waals surface area contributed by atoms with Crippen LogP contribution in [0.25, 0.3) is 11.3 Å². The standard InChI is InChI=1S/C16H15ClN4O2/c1-20(16(22)14-3-2-8-21(14)10-18)15-9-13(19-23-15)11-4-6-12(17)7-5-11/h4-7,9,14H,2-3,8H2,1H3. The number of amides is 1. The Labute approximate surface area is 138 Å². The molecule has 1 atom stereocenters. The first kappa shape index (κ1) is 15.4. The molecule has 0 bridgehead atoms. The number of anilines is 1. The van der Waals surface area contributed by atoms with Gasteiger partial charge in [0.1, 0.15) is 11.7 Å². The Morgan fingerprint density at radius 1 is 1.48 bits per heavy atom. The normalized spacial score (nSPS) is 17.1. The average molecular weight is 331 g/mol. The Hall–Kier alpha value is -2.52. The van der Waals surface area contributed by atoms with Gasteiger partial charge in [-0.05, 0) is 25.0 Å². The van der Waals surface area contributed by atoms with E-state index in [2.05, 4.69) is 11.3 Å². The lowest BCUT2D eigenvalue weighted by atomic mass is 10.1. The molecule has 1 aromatic heterocycles. The summed E-state index contributed by atoms with van der Waals surface area (Å²) < 4.78 is 5.28. The summed E-state index contributed by atoms with van der Waals surface area (Å²) in [5, 5.41) is 13.7. The highest BCUT2D eigenvalue weighted by atomic mass is 35.5. The predicted octanol–water partition coefficient (Wildman–Crippen LogP) is 2.90. The average Bonchev–Trinajstić information content (AvgIpc) is 3.23. The summed E-state index contributed by atoms with van der Waals surface area (Å²) in [6.07, 6.45) is 3.58. The third-order valence-corrected chi connectivity index (χ3v) is 4.22. The van der Waals surface area contributed by atoms with Crippen molar-refractivity contribution < 1.29 is 9.32 Å². The van der Waals surface area contributed by atoms with Gasteiger partial charge in [-0.2, -0.15) is 5.26 Å². The van der Waals surface area contributed by atoms with E-state index in [4.69, 9.17) is 21.4 Å². The Balaban J connectivity index is 1.78. The number of nitriles is 1. The minimum absolute atomic E-state index is 0.164. The molecule has 1 unspecified atom stereocenters. The minimum Gasteiger partial charge on any atom is -0.338 e. The number of halogens is 1. The Morgan fingerprint density at radius 3 is 2.91 bits per heavy atom. The largest absolute Gasteiger partial charge is 0.338 e. The topological polar surface area (TPSA) is 73.4 Å². The number of carbonyl (C=O) groups is 1. The second-order valence-electron chi connectivity index (χ2n) is 5.41. The molecular weight excluding hydrogens is 316 g/mol. The fraction of sp³-hybridized carbons (Fsp3) is 0.312. The van der Waals surface area contributed by atoms with Gasteiger partial charge in [-0.3, -0.25) is 14.6 Å². The van der Waals surface area contributed by atoms with Gasteiger partial charge in [-0.25, -0.2) is 0 Å². The van der Waals surface area contributed by atoms with Crippen molar-refractivity contribution in [3.05, 3.63) is 35.4 Å². The van der Waals surface area contributed by atoms with E-state index < -0.39 is 6.04 Å². The number of carbonyl (C=O) groups excluding carboxylic acids is 1. The quantitative estimate of drug-likeness (QED) is 0.809.